The fourth-order valence-electron chi connectivity index (χ4n) is 8.90. The van der Waals surface area contributed by atoms with Gasteiger partial charge in [0.25, 0.3) is 0 Å². The minimum Gasteiger partial charge on any atom is -0.447 e. The third-order valence-electron chi connectivity index (χ3n) is 11.0. The minimum absolute atomic E-state index is 0.00692. The summed E-state index contributed by atoms with van der Waals surface area (Å²) in [6, 6.07) is -1.04. The van der Waals surface area contributed by atoms with Gasteiger partial charge in [-0.1, -0.05) is 26.8 Å². The number of carbonyl (C=O) groups is 3. The lowest BCUT2D eigenvalue weighted by molar-refractivity contribution is -0.234. The number of ether oxygens (including phenoxy) is 2. The molecule has 5 aliphatic rings. The quantitative estimate of drug-likeness (QED) is 0.467. The Balaban J connectivity index is 1.62. The molecule has 0 aromatic rings. The number of halogens is 3. The summed E-state index contributed by atoms with van der Waals surface area (Å²) in [5.41, 5.74) is -8.31. The monoisotopic (exact) mass is 570 g/mol. The summed E-state index contributed by atoms with van der Waals surface area (Å²) >= 11 is 0.394. The van der Waals surface area contributed by atoms with Gasteiger partial charge in [0.2, 0.25) is 5.12 Å². The minimum atomic E-state index is -2.34. The normalized spacial score (nSPS) is 48.7. The fraction of sp³-hybridized carbons (Fsp3) is 0.759. The van der Waals surface area contributed by atoms with Crippen molar-refractivity contribution >= 4 is 28.6 Å². The number of esters is 1. The van der Waals surface area contributed by atoms with Crippen LogP contribution in [0.1, 0.15) is 66.2 Å². The van der Waals surface area contributed by atoms with Crippen molar-refractivity contribution in [1.82, 2.24) is 0 Å². The van der Waals surface area contributed by atoms with Crippen molar-refractivity contribution in [1.29, 1.82) is 0 Å². The van der Waals surface area contributed by atoms with Gasteiger partial charge < -0.3 is 14.6 Å². The number of aliphatic hydroxyl groups is 1. The first kappa shape index (κ1) is 28.9. The number of ketones is 1. The summed E-state index contributed by atoms with van der Waals surface area (Å²) < 4.78 is 58.9. The first-order valence-corrected chi connectivity index (χ1v) is 14.8. The summed E-state index contributed by atoms with van der Waals surface area (Å²) in [6.45, 7) is 7.06. The SMILES string of the molecule is CC[C@@]1(C(=O)OC2(C(=O)SCF)C(C)C[C@H]3[C@@H]4CC(F)C5=CC(=O)C=C[C@]5(C)C4(F)C(O)C[C@@]32C)CCCO1. The van der Waals surface area contributed by atoms with Crippen LogP contribution in [0.15, 0.2) is 23.8 Å². The Kier molecular flexibility index (Phi) is 6.99. The van der Waals surface area contributed by atoms with E-state index in [2.05, 4.69) is 0 Å². The van der Waals surface area contributed by atoms with Crippen LogP contribution in [0.3, 0.4) is 0 Å². The van der Waals surface area contributed by atoms with E-state index in [1.807, 2.05) is 0 Å². The molecule has 1 saturated heterocycles. The molecule has 4 fully saturated rings. The van der Waals surface area contributed by atoms with Gasteiger partial charge in [-0.15, -0.1) is 0 Å². The molecule has 0 aromatic heterocycles. The molecule has 39 heavy (non-hydrogen) atoms. The Hall–Kier alpha value is -1.65. The van der Waals surface area contributed by atoms with Crippen molar-refractivity contribution in [3.8, 4) is 0 Å². The Morgan fingerprint density at radius 3 is 2.59 bits per heavy atom. The number of hydrogen-bond donors (Lipinski definition) is 1. The highest BCUT2D eigenvalue weighted by Gasteiger charge is 2.78. The molecule has 0 bridgehead atoms. The molecule has 10 atom stereocenters. The van der Waals surface area contributed by atoms with Crippen LogP contribution >= 0.6 is 11.8 Å². The number of fused-ring (bicyclic) bond motifs is 5. The predicted molar refractivity (Wildman–Crippen MR) is 139 cm³/mol. The lowest BCUT2D eigenvalue weighted by Gasteiger charge is -2.63. The van der Waals surface area contributed by atoms with E-state index < -0.39 is 80.6 Å². The number of allylic oxidation sites excluding steroid dienone is 4. The Bertz CT molecular complexity index is 1140. The van der Waals surface area contributed by atoms with E-state index in [9.17, 15) is 23.9 Å². The summed E-state index contributed by atoms with van der Waals surface area (Å²) in [6.07, 6.45) is 1.43. The standard InChI is InChI=1S/C29H37F3O6S/c1-5-27(8-6-10-37-27)23(35)38-29(24(36)39-15-30)16(2)11-18-19-13-21(31)20-12-17(33)7-9-25(20,3)28(19,32)22(34)14-26(18,29)4/h7,9,12,16,18-19,21-22,34H,5-6,8,10-11,13-15H2,1-4H3/t16?,18-,19-,21?,22?,25-,26-,27-,28?,29?/m0/s1. The topological polar surface area (TPSA) is 89.9 Å². The summed E-state index contributed by atoms with van der Waals surface area (Å²) in [5.74, 6) is -3.51. The van der Waals surface area contributed by atoms with Gasteiger partial charge in [-0.2, -0.15) is 0 Å². The molecular weight excluding hydrogens is 533 g/mol. The molecule has 10 heteroatoms. The van der Waals surface area contributed by atoms with Crippen LogP contribution in [0.2, 0.25) is 0 Å². The van der Waals surface area contributed by atoms with Crippen LogP contribution in [0.25, 0.3) is 0 Å². The van der Waals surface area contributed by atoms with E-state index >= 15 is 8.78 Å². The summed E-state index contributed by atoms with van der Waals surface area (Å²) in [5, 5.41) is 10.9. The number of hydrogen-bond acceptors (Lipinski definition) is 7. The maximum atomic E-state index is 17.5. The molecule has 0 amide bonds. The zero-order valence-corrected chi connectivity index (χ0v) is 23.6. The molecule has 6 nitrogen and oxygen atoms in total. The second-order valence-electron chi connectivity index (χ2n) is 12.5. The Morgan fingerprint density at radius 2 is 1.97 bits per heavy atom. The summed E-state index contributed by atoms with van der Waals surface area (Å²) in [7, 11) is 0. The smallest absolute Gasteiger partial charge is 0.339 e. The Morgan fingerprint density at radius 1 is 1.26 bits per heavy atom. The van der Waals surface area contributed by atoms with E-state index in [0.717, 1.165) is 6.08 Å². The van der Waals surface area contributed by atoms with Crippen LogP contribution in [-0.2, 0) is 23.9 Å². The lowest BCUT2D eigenvalue weighted by Crippen LogP contribution is -2.71. The number of thioether (sulfide) groups is 1. The molecule has 216 valence electrons. The molecule has 3 saturated carbocycles. The van der Waals surface area contributed by atoms with E-state index in [-0.39, 0.29) is 24.8 Å². The van der Waals surface area contributed by atoms with Gasteiger partial charge in [-0.3, -0.25) is 9.59 Å². The zero-order chi connectivity index (χ0) is 28.6. The van der Waals surface area contributed by atoms with Crippen molar-refractivity contribution in [2.45, 2.75) is 95.4 Å². The molecule has 0 aromatic carbocycles. The van der Waals surface area contributed by atoms with Crippen molar-refractivity contribution < 1.29 is 42.1 Å². The van der Waals surface area contributed by atoms with Crippen molar-refractivity contribution in [3.05, 3.63) is 23.8 Å². The third-order valence-corrected chi connectivity index (χ3v) is 11.6. The lowest BCUT2D eigenvalue weighted by atomic mass is 9.44. The number of carbonyl (C=O) groups excluding carboxylic acids is 3. The first-order valence-electron chi connectivity index (χ1n) is 13.8. The average molecular weight is 571 g/mol. The second kappa shape index (κ2) is 9.44. The molecule has 0 spiro atoms. The average Bonchev–Trinajstić information content (AvgIpc) is 3.46. The number of alkyl halides is 3. The largest absolute Gasteiger partial charge is 0.447 e. The fourth-order valence-corrected chi connectivity index (χ4v) is 9.68. The van der Waals surface area contributed by atoms with Crippen LogP contribution in [-0.4, -0.2) is 63.7 Å². The van der Waals surface area contributed by atoms with Gasteiger partial charge in [0.05, 0.1) is 6.10 Å². The maximum absolute atomic E-state index is 17.5. The zero-order valence-electron chi connectivity index (χ0n) is 22.8. The number of aliphatic hydroxyl groups excluding tert-OH is 1. The summed E-state index contributed by atoms with van der Waals surface area (Å²) in [4.78, 5) is 39.6. The van der Waals surface area contributed by atoms with Crippen LogP contribution < -0.4 is 0 Å². The van der Waals surface area contributed by atoms with Crippen LogP contribution in [0.4, 0.5) is 13.2 Å². The molecule has 1 N–H and O–H groups in total. The van der Waals surface area contributed by atoms with Gasteiger partial charge in [0, 0.05) is 29.3 Å². The highest BCUT2D eigenvalue weighted by atomic mass is 32.2. The van der Waals surface area contributed by atoms with Gasteiger partial charge in [0.1, 0.15) is 12.2 Å². The highest BCUT2D eigenvalue weighted by Crippen LogP contribution is 2.72. The van der Waals surface area contributed by atoms with Crippen LogP contribution in [0, 0.1) is 28.6 Å². The van der Waals surface area contributed by atoms with Crippen molar-refractivity contribution in [3.63, 3.8) is 0 Å². The van der Waals surface area contributed by atoms with Crippen molar-refractivity contribution in [2.24, 2.45) is 28.6 Å². The van der Waals surface area contributed by atoms with E-state index in [1.54, 1.807) is 20.8 Å². The molecule has 5 rings (SSSR count). The predicted octanol–water partition coefficient (Wildman–Crippen LogP) is 4.98. The maximum Gasteiger partial charge on any atom is 0.339 e. The van der Waals surface area contributed by atoms with E-state index in [0.29, 0.717) is 37.6 Å². The first-order chi connectivity index (χ1) is 18.3. The molecule has 1 heterocycles. The van der Waals surface area contributed by atoms with E-state index in [4.69, 9.17) is 9.47 Å². The van der Waals surface area contributed by atoms with E-state index in [1.165, 1.54) is 19.1 Å². The molecule has 4 aliphatic carbocycles. The van der Waals surface area contributed by atoms with Crippen LogP contribution in [0.5, 0.6) is 0 Å². The molecular formula is C29H37F3O6S. The van der Waals surface area contributed by atoms with Gasteiger partial charge >= 0.3 is 5.97 Å². The second-order valence-corrected chi connectivity index (χ2v) is 13.3. The highest BCUT2D eigenvalue weighted by molar-refractivity contribution is 8.13. The van der Waals surface area contributed by atoms with Gasteiger partial charge in [0.15, 0.2) is 22.7 Å². The van der Waals surface area contributed by atoms with Crippen molar-refractivity contribution in [2.75, 3.05) is 12.6 Å². The van der Waals surface area contributed by atoms with Gasteiger partial charge in [-0.05, 0) is 80.9 Å². The third kappa shape index (κ3) is 3.59. The van der Waals surface area contributed by atoms with Gasteiger partial charge in [-0.25, -0.2) is 18.0 Å². The number of rotatable bonds is 5. The Labute approximate surface area is 231 Å². The molecule has 0 radical (unpaired) electrons. The molecule has 5 unspecified atom stereocenters. The molecule has 1 aliphatic heterocycles.